The van der Waals surface area contributed by atoms with E-state index in [1.165, 1.54) is 0 Å². The average Bonchev–Trinajstić information content (AvgIpc) is 2.89. The SMILES string of the molecule is C=Cn1cc(CNC(C)(CNC(=O)OC(C)(C)C)C(C)C)cn1. The van der Waals surface area contributed by atoms with Crippen LogP contribution < -0.4 is 10.6 Å². The van der Waals surface area contributed by atoms with Crippen LogP contribution in [-0.2, 0) is 11.3 Å². The molecule has 0 spiro atoms. The van der Waals surface area contributed by atoms with Gasteiger partial charge < -0.3 is 15.4 Å². The van der Waals surface area contributed by atoms with E-state index in [-0.39, 0.29) is 5.54 Å². The number of carbonyl (C=O) groups is 1. The van der Waals surface area contributed by atoms with Crippen molar-refractivity contribution in [2.75, 3.05) is 6.54 Å². The molecule has 0 fully saturated rings. The molecule has 0 aliphatic rings. The second kappa shape index (κ2) is 7.64. The largest absolute Gasteiger partial charge is 0.444 e. The van der Waals surface area contributed by atoms with Crippen LogP contribution in [0.2, 0.25) is 0 Å². The first-order valence-electron chi connectivity index (χ1n) is 7.93. The highest BCUT2D eigenvalue weighted by Gasteiger charge is 2.29. The van der Waals surface area contributed by atoms with Crippen molar-refractivity contribution in [2.45, 2.75) is 59.2 Å². The van der Waals surface area contributed by atoms with Crippen LogP contribution in [0.25, 0.3) is 6.20 Å². The summed E-state index contributed by atoms with van der Waals surface area (Å²) in [7, 11) is 0. The summed E-state index contributed by atoms with van der Waals surface area (Å²) in [5.41, 5.74) is 0.312. The number of nitrogens with one attached hydrogen (secondary N) is 2. The second-order valence-electron chi connectivity index (χ2n) is 7.29. The summed E-state index contributed by atoms with van der Waals surface area (Å²) in [6.45, 7) is 16.7. The Kier molecular flexibility index (Phi) is 6.38. The molecule has 1 unspecified atom stereocenters. The van der Waals surface area contributed by atoms with Gasteiger partial charge in [0.15, 0.2) is 0 Å². The van der Waals surface area contributed by atoms with Crippen LogP contribution in [0.4, 0.5) is 4.79 Å². The van der Waals surface area contributed by atoms with E-state index >= 15 is 0 Å². The summed E-state index contributed by atoms with van der Waals surface area (Å²) >= 11 is 0. The molecule has 0 bridgehead atoms. The first-order chi connectivity index (χ1) is 10.6. The van der Waals surface area contributed by atoms with E-state index < -0.39 is 11.7 Å². The van der Waals surface area contributed by atoms with Crippen LogP contribution >= 0.6 is 0 Å². The molecular weight excluding hydrogens is 292 g/mol. The van der Waals surface area contributed by atoms with Crippen LogP contribution in [0.1, 0.15) is 47.1 Å². The number of alkyl carbamates (subject to hydrolysis) is 1. The molecule has 6 heteroatoms. The number of nitrogens with zero attached hydrogens (tertiary/aromatic N) is 2. The van der Waals surface area contributed by atoms with Gasteiger partial charge in [0.1, 0.15) is 5.60 Å². The monoisotopic (exact) mass is 322 g/mol. The van der Waals surface area contributed by atoms with Gasteiger partial charge in [-0.1, -0.05) is 20.4 Å². The summed E-state index contributed by atoms with van der Waals surface area (Å²) in [5.74, 6) is 0.326. The number of hydrogen-bond donors (Lipinski definition) is 2. The summed E-state index contributed by atoms with van der Waals surface area (Å²) in [4.78, 5) is 11.9. The molecule has 0 saturated carbocycles. The Labute approximate surface area is 139 Å². The second-order valence-corrected chi connectivity index (χ2v) is 7.29. The third kappa shape index (κ3) is 6.44. The van der Waals surface area contributed by atoms with E-state index in [0.717, 1.165) is 5.56 Å². The highest BCUT2D eigenvalue weighted by Crippen LogP contribution is 2.17. The predicted molar refractivity (Wildman–Crippen MR) is 92.9 cm³/mol. The molecule has 0 aliphatic heterocycles. The van der Waals surface area contributed by atoms with Crippen molar-refractivity contribution in [2.24, 2.45) is 5.92 Å². The standard InChI is InChI=1S/C17H30N4O2/c1-8-21-11-14(10-20-21)9-19-17(7,13(2)3)12-18-15(22)23-16(4,5)6/h8,10-11,13,19H,1,9,12H2,2-7H3,(H,18,22). The predicted octanol–water partition coefficient (Wildman–Crippen LogP) is 3.01. The zero-order valence-corrected chi connectivity index (χ0v) is 15.1. The van der Waals surface area contributed by atoms with E-state index in [1.54, 1.807) is 17.1 Å². The van der Waals surface area contributed by atoms with Crippen molar-refractivity contribution in [1.82, 2.24) is 20.4 Å². The lowest BCUT2D eigenvalue weighted by Gasteiger charge is -2.35. The smallest absolute Gasteiger partial charge is 0.407 e. The molecule has 1 atom stereocenters. The molecule has 0 saturated heterocycles. The Bertz CT molecular complexity index is 531. The topological polar surface area (TPSA) is 68.2 Å². The molecule has 0 aliphatic carbocycles. The molecule has 1 amide bonds. The fourth-order valence-corrected chi connectivity index (χ4v) is 1.91. The molecule has 1 aromatic rings. The van der Waals surface area contributed by atoms with Gasteiger partial charge in [0, 0.05) is 36.6 Å². The van der Waals surface area contributed by atoms with E-state index in [4.69, 9.17) is 4.74 Å². The molecule has 1 heterocycles. The number of amides is 1. The van der Waals surface area contributed by atoms with Gasteiger partial charge in [0.2, 0.25) is 0 Å². The Hall–Kier alpha value is -1.82. The molecule has 2 N–H and O–H groups in total. The zero-order chi connectivity index (χ0) is 17.7. The fourth-order valence-electron chi connectivity index (χ4n) is 1.91. The quantitative estimate of drug-likeness (QED) is 0.810. The molecule has 23 heavy (non-hydrogen) atoms. The number of ether oxygens (including phenoxy) is 1. The van der Waals surface area contributed by atoms with Gasteiger partial charge in [0.25, 0.3) is 0 Å². The van der Waals surface area contributed by atoms with E-state index in [1.807, 2.05) is 27.0 Å². The van der Waals surface area contributed by atoms with Crippen LogP contribution in [0, 0.1) is 5.92 Å². The average molecular weight is 322 g/mol. The maximum absolute atomic E-state index is 11.9. The maximum atomic E-state index is 11.9. The highest BCUT2D eigenvalue weighted by molar-refractivity contribution is 5.67. The van der Waals surface area contributed by atoms with E-state index in [9.17, 15) is 4.79 Å². The molecule has 0 aromatic carbocycles. The summed E-state index contributed by atoms with van der Waals surface area (Å²) in [5, 5.41) is 10.5. The lowest BCUT2D eigenvalue weighted by Crippen LogP contribution is -2.55. The Morgan fingerprint density at radius 3 is 2.57 bits per heavy atom. The molecular formula is C17H30N4O2. The molecule has 1 aromatic heterocycles. The van der Waals surface area contributed by atoms with E-state index in [0.29, 0.717) is 19.0 Å². The third-order valence-corrected chi connectivity index (χ3v) is 3.81. The minimum absolute atomic E-state index is 0.257. The summed E-state index contributed by atoms with van der Waals surface area (Å²) in [6.07, 6.45) is 4.97. The Morgan fingerprint density at radius 1 is 1.43 bits per heavy atom. The summed E-state index contributed by atoms with van der Waals surface area (Å²) < 4.78 is 6.96. The minimum atomic E-state index is -0.495. The molecule has 130 valence electrons. The van der Waals surface area contributed by atoms with Crippen molar-refractivity contribution in [3.8, 4) is 0 Å². The Morgan fingerprint density at radius 2 is 2.09 bits per heavy atom. The van der Waals surface area contributed by atoms with Crippen LogP contribution in [-0.4, -0.2) is 33.6 Å². The van der Waals surface area contributed by atoms with Gasteiger partial charge in [0.05, 0.1) is 6.20 Å². The van der Waals surface area contributed by atoms with E-state index in [2.05, 4.69) is 43.1 Å². The molecule has 0 radical (unpaired) electrons. The number of rotatable bonds is 7. The van der Waals surface area contributed by atoms with Crippen LogP contribution in [0.5, 0.6) is 0 Å². The highest BCUT2D eigenvalue weighted by atomic mass is 16.6. The molecule has 6 nitrogen and oxygen atoms in total. The lowest BCUT2D eigenvalue weighted by molar-refractivity contribution is 0.0503. The lowest BCUT2D eigenvalue weighted by atomic mass is 9.88. The van der Waals surface area contributed by atoms with Crippen molar-refractivity contribution < 1.29 is 9.53 Å². The zero-order valence-electron chi connectivity index (χ0n) is 15.1. The number of carbonyl (C=O) groups excluding carboxylic acids is 1. The summed E-state index contributed by atoms with van der Waals surface area (Å²) in [6, 6.07) is 0. The van der Waals surface area contributed by atoms with Crippen molar-refractivity contribution in [1.29, 1.82) is 0 Å². The molecule has 1 rings (SSSR count). The fraction of sp³-hybridized carbons (Fsp3) is 0.647. The van der Waals surface area contributed by atoms with Crippen molar-refractivity contribution in [3.63, 3.8) is 0 Å². The van der Waals surface area contributed by atoms with Gasteiger partial charge in [-0.15, -0.1) is 0 Å². The van der Waals surface area contributed by atoms with Crippen LogP contribution in [0.15, 0.2) is 19.0 Å². The first-order valence-corrected chi connectivity index (χ1v) is 7.93. The van der Waals surface area contributed by atoms with Crippen LogP contribution in [0.3, 0.4) is 0 Å². The maximum Gasteiger partial charge on any atom is 0.407 e. The number of aromatic nitrogens is 2. The van der Waals surface area contributed by atoms with Gasteiger partial charge in [-0.05, 0) is 33.6 Å². The van der Waals surface area contributed by atoms with Crippen molar-refractivity contribution in [3.05, 3.63) is 24.5 Å². The van der Waals surface area contributed by atoms with Gasteiger partial charge in [-0.25, -0.2) is 9.48 Å². The normalized spacial score (nSPS) is 14.4. The third-order valence-electron chi connectivity index (χ3n) is 3.81. The van der Waals surface area contributed by atoms with Gasteiger partial charge in [-0.2, -0.15) is 5.10 Å². The number of hydrogen-bond acceptors (Lipinski definition) is 4. The first kappa shape index (κ1) is 19.2. The Balaban J connectivity index is 2.60. The van der Waals surface area contributed by atoms with Gasteiger partial charge in [-0.3, -0.25) is 0 Å². The minimum Gasteiger partial charge on any atom is -0.444 e. The van der Waals surface area contributed by atoms with Gasteiger partial charge >= 0.3 is 6.09 Å². The van der Waals surface area contributed by atoms with Crippen molar-refractivity contribution >= 4 is 12.3 Å².